The highest BCUT2D eigenvalue weighted by Gasteiger charge is 2.36. The summed E-state index contributed by atoms with van der Waals surface area (Å²) in [5.74, 6) is 1.48. The third kappa shape index (κ3) is 4.21. The van der Waals surface area contributed by atoms with Crippen molar-refractivity contribution in [2.24, 2.45) is 10.7 Å². The minimum atomic E-state index is -0.958. The number of nitrogens with zero attached hydrogens (tertiary/aromatic N) is 1. The van der Waals surface area contributed by atoms with Gasteiger partial charge in [-0.3, -0.25) is 0 Å². The molecule has 0 bridgehead atoms. The monoisotopic (exact) mass is 469 g/mol. The minimum Gasteiger partial charge on any atom is -0.493 e. The first-order valence-electron chi connectivity index (χ1n) is 8.15. The summed E-state index contributed by atoms with van der Waals surface area (Å²) in [6.07, 6.45) is 1.50. The van der Waals surface area contributed by atoms with E-state index >= 15 is 0 Å². The summed E-state index contributed by atoms with van der Waals surface area (Å²) in [6, 6.07) is 13.3. The molecule has 2 aromatic carbocycles. The maximum absolute atomic E-state index is 10.9. The van der Waals surface area contributed by atoms with Gasteiger partial charge in [0.05, 0.1) is 20.8 Å². The molecular weight excluding hydrogens is 445 g/mol. The van der Waals surface area contributed by atoms with E-state index in [4.69, 9.17) is 15.2 Å². The van der Waals surface area contributed by atoms with Crippen LogP contribution in [0.3, 0.4) is 0 Å². The van der Waals surface area contributed by atoms with Crippen molar-refractivity contribution < 1.29 is 14.6 Å². The summed E-state index contributed by atoms with van der Waals surface area (Å²) in [7, 11) is 3.16. The highest BCUT2D eigenvalue weighted by molar-refractivity contribution is 14.0. The lowest BCUT2D eigenvalue weighted by Crippen LogP contribution is -2.30. The number of nitrogens with two attached hydrogens (primary N) is 1. The zero-order valence-electron chi connectivity index (χ0n) is 14.9. The van der Waals surface area contributed by atoms with E-state index in [1.165, 1.54) is 5.56 Å². The number of ether oxygens (including phenoxy) is 2. The number of hydrogen-bond acceptors (Lipinski definition) is 4. The highest BCUT2D eigenvalue weighted by Crippen LogP contribution is 2.37. The molecule has 0 amide bonds. The van der Waals surface area contributed by atoms with Crippen molar-refractivity contribution in [3.63, 3.8) is 0 Å². The Balaban J connectivity index is 0.00000243. The van der Waals surface area contributed by atoms with Gasteiger partial charge in [0.1, 0.15) is 5.60 Å². The Morgan fingerprint density at radius 3 is 2.65 bits per heavy atom. The maximum Gasteiger partial charge on any atom is 0.193 e. The van der Waals surface area contributed by atoms with Crippen molar-refractivity contribution in [1.82, 2.24) is 0 Å². The molecule has 26 heavy (non-hydrogen) atoms. The van der Waals surface area contributed by atoms with Crippen molar-refractivity contribution in [2.75, 3.05) is 26.1 Å². The predicted molar refractivity (Wildman–Crippen MR) is 114 cm³/mol. The van der Waals surface area contributed by atoms with Crippen LogP contribution in [-0.4, -0.2) is 31.8 Å². The van der Waals surface area contributed by atoms with Gasteiger partial charge in [0.15, 0.2) is 17.5 Å². The summed E-state index contributed by atoms with van der Waals surface area (Å²) in [4.78, 5) is 4.33. The Kier molecular flexibility index (Phi) is 6.71. The standard InChI is InChI=1S/C19H23N3O3.HI/c1-24-16-8-7-14(11-17(16)25-2)22-18(20)21-12-19(23)10-9-13-5-3-4-6-15(13)19;/h3-8,11,23H,9-10,12H2,1-2H3,(H3,20,21,22);1H. The zero-order chi connectivity index (χ0) is 17.9. The first-order valence-corrected chi connectivity index (χ1v) is 8.15. The van der Waals surface area contributed by atoms with Gasteiger partial charge >= 0.3 is 0 Å². The van der Waals surface area contributed by atoms with E-state index in [1.54, 1.807) is 26.4 Å². The number of fused-ring (bicyclic) bond motifs is 1. The maximum atomic E-state index is 10.9. The molecule has 0 radical (unpaired) electrons. The number of rotatable bonds is 5. The second kappa shape index (κ2) is 8.59. The van der Waals surface area contributed by atoms with E-state index in [1.807, 2.05) is 30.3 Å². The van der Waals surface area contributed by atoms with Crippen molar-refractivity contribution >= 4 is 35.6 Å². The van der Waals surface area contributed by atoms with Crippen LogP contribution in [0.1, 0.15) is 17.5 Å². The second-order valence-electron chi connectivity index (χ2n) is 6.08. The number of methoxy groups -OCH3 is 2. The first kappa shape index (κ1) is 20.3. The van der Waals surface area contributed by atoms with Crippen LogP contribution < -0.4 is 20.5 Å². The molecule has 140 valence electrons. The average molecular weight is 469 g/mol. The van der Waals surface area contributed by atoms with Crippen molar-refractivity contribution in [3.8, 4) is 11.5 Å². The fraction of sp³-hybridized carbons (Fsp3) is 0.316. The van der Waals surface area contributed by atoms with Crippen LogP contribution in [0.2, 0.25) is 0 Å². The van der Waals surface area contributed by atoms with Crippen LogP contribution in [0.5, 0.6) is 11.5 Å². The number of aryl methyl sites for hydroxylation is 1. The second-order valence-corrected chi connectivity index (χ2v) is 6.08. The topological polar surface area (TPSA) is 89.1 Å². The van der Waals surface area contributed by atoms with Crippen LogP contribution in [0.15, 0.2) is 47.5 Å². The SMILES string of the molecule is COc1ccc(NC(N)=NCC2(O)CCc3ccccc32)cc1OC.I. The Morgan fingerprint density at radius 2 is 1.92 bits per heavy atom. The van der Waals surface area contributed by atoms with Gasteiger partial charge in [0, 0.05) is 11.8 Å². The van der Waals surface area contributed by atoms with Gasteiger partial charge in [-0.15, -0.1) is 24.0 Å². The Bertz CT molecular complexity index is 797. The molecule has 3 rings (SSSR count). The van der Waals surface area contributed by atoms with E-state index in [-0.39, 0.29) is 36.5 Å². The van der Waals surface area contributed by atoms with Crippen LogP contribution in [0.4, 0.5) is 5.69 Å². The van der Waals surface area contributed by atoms with Gasteiger partial charge in [-0.2, -0.15) is 0 Å². The van der Waals surface area contributed by atoms with E-state index in [0.29, 0.717) is 17.9 Å². The third-order valence-corrected chi connectivity index (χ3v) is 4.49. The number of hydrogen-bond donors (Lipinski definition) is 3. The molecule has 1 unspecified atom stereocenters. The van der Waals surface area contributed by atoms with E-state index < -0.39 is 5.60 Å². The van der Waals surface area contributed by atoms with Gasteiger partial charge in [-0.1, -0.05) is 24.3 Å². The van der Waals surface area contributed by atoms with Crippen LogP contribution in [0, 0.1) is 0 Å². The number of aliphatic hydroxyl groups is 1. The van der Waals surface area contributed by atoms with Crippen molar-refractivity contribution in [2.45, 2.75) is 18.4 Å². The number of nitrogens with one attached hydrogen (secondary N) is 1. The van der Waals surface area contributed by atoms with Gasteiger partial charge in [-0.25, -0.2) is 4.99 Å². The Labute approximate surface area is 170 Å². The Hall–Kier alpha value is -2.00. The summed E-state index contributed by atoms with van der Waals surface area (Å²) >= 11 is 0. The van der Waals surface area contributed by atoms with Crippen LogP contribution >= 0.6 is 24.0 Å². The number of anilines is 1. The number of halogens is 1. The smallest absolute Gasteiger partial charge is 0.193 e. The molecule has 0 spiro atoms. The van der Waals surface area contributed by atoms with E-state index in [9.17, 15) is 5.11 Å². The molecule has 7 heteroatoms. The summed E-state index contributed by atoms with van der Waals surface area (Å²) < 4.78 is 10.5. The highest BCUT2D eigenvalue weighted by atomic mass is 127. The Morgan fingerprint density at radius 1 is 1.19 bits per heavy atom. The van der Waals surface area contributed by atoms with Gasteiger partial charge in [-0.05, 0) is 36.1 Å². The molecule has 1 aliphatic rings. The van der Waals surface area contributed by atoms with Crippen molar-refractivity contribution in [1.29, 1.82) is 0 Å². The molecule has 0 saturated heterocycles. The normalized spacial score (nSPS) is 18.7. The molecule has 0 heterocycles. The lowest BCUT2D eigenvalue weighted by atomic mass is 9.96. The van der Waals surface area contributed by atoms with E-state index in [2.05, 4.69) is 10.3 Å². The molecule has 0 fully saturated rings. The number of guanidine groups is 1. The molecular formula is C19H24IN3O3. The fourth-order valence-electron chi connectivity index (χ4n) is 3.15. The molecule has 1 aliphatic carbocycles. The number of benzene rings is 2. The molecule has 2 aromatic rings. The molecule has 0 saturated carbocycles. The van der Waals surface area contributed by atoms with E-state index in [0.717, 1.165) is 17.7 Å². The molecule has 6 nitrogen and oxygen atoms in total. The number of aliphatic imine (C=N–C) groups is 1. The molecule has 4 N–H and O–H groups in total. The van der Waals surface area contributed by atoms with Gasteiger partial charge in [0.25, 0.3) is 0 Å². The zero-order valence-corrected chi connectivity index (χ0v) is 17.2. The summed E-state index contributed by atoms with van der Waals surface area (Å²) in [5.41, 5.74) is 7.87. The van der Waals surface area contributed by atoms with Gasteiger partial charge in [0.2, 0.25) is 0 Å². The fourth-order valence-corrected chi connectivity index (χ4v) is 3.15. The van der Waals surface area contributed by atoms with Crippen LogP contribution in [0.25, 0.3) is 0 Å². The minimum absolute atomic E-state index is 0. The van der Waals surface area contributed by atoms with Gasteiger partial charge < -0.3 is 25.6 Å². The summed E-state index contributed by atoms with van der Waals surface area (Å²) in [6.45, 7) is 0.218. The third-order valence-electron chi connectivity index (χ3n) is 4.49. The lowest BCUT2D eigenvalue weighted by molar-refractivity contribution is 0.0487. The van der Waals surface area contributed by atoms with Crippen LogP contribution in [-0.2, 0) is 12.0 Å². The quantitative estimate of drug-likeness (QED) is 0.356. The molecule has 1 atom stereocenters. The molecule has 0 aromatic heterocycles. The van der Waals surface area contributed by atoms with Crippen molar-refractivity contribution in [3.05, 3.63) is 53.6 Å². The molecule has 0 aliphatic heterocycles. The largest absolute Gasteiger partial charge is 0.493 e. The predicted octanol–water partition coefficient (Wildman–Crippen LogP) is 2.88. The lowest BCUT2D eigenvalue weighted by Gasteiger charge is -2.22. The average Bonchev–Trinajstić information content (AvgIpc) is 2.98. The first-order chi connectivity index (χ1) is 12.1. The summed E-state index contributed by atoms with van der Waals surface area (Å²) in [5, 5.41) is 13.9.